The van der Waals surface area contributed by atoms with E-state index in [1.807, 2.05) is 6.08 Å². The van der Waals surface area contributed by atoms with Crippen molar-refractivity contribution in [3.63, 3.8) is 0 Å². The van der Waals surface area contributed by atoms with E-state index in [1.165, 1.54) is 4.88 Å². The van der Waals surface area contributed by atoms with Crippen LogP contribution in [0.25, 0.3) is 0 Å². The summed E-state index contributed by atoms with van der Waals surface area (Å²) in [4.78, 5) is 5.54. The van der Waals surface area contributed by atoms with Gasteiger partial charge in [-0.15, -0.1) is 17.9 Å². The number of nitrogens with zero attached hydrogens (tertiary/aromatic N) is 1. The number of fused-ring (bicyclic) bond motifs is 1. The van der Waals surface area contributed by atoms with Gasteiger partial charge in [0.15, 0.2) is 5.13 Å². The highest BCUT2D eigenvalue weighted by Crippen LogP contribution is 2.37. The third-order valence-electron chi connectivity index (χ3n) is 2.66. The van der Waals surface area contributed by atoms with Crippen molar-refractivity contribution in [2.24, 2.45) is 11.7 Å². The summed E-state index contributed by atoms with van der Waals surface area (Å²) in [7, 11) is 0. The van der Waals surface area contributed by atoms with Crippen molar-refractivity contribution < 1.29 is 0 Å². The van der Waals surface area contributed by atoms with Crippen LogP contribution in [0.5, 0.6) is 0 Å². The first kappa shape index (κ1) is 9.68. The smallest absolute Gasteiger partial charge is 0.180 e. The van der Waals surface area contributed by atoms with Crippen LogP contribution in [0.2, 0.25) is 0 Å². The Balaban J connectivity index is 2.23. The van der Waals surface area contributed by atoms with Gasteiger partial charge in [-0.25, -0.2) is 4.98 Å². The van der Waals surface area contributed by atoms with Gasteiger partial charge in [0, 0.05) is 10.9 Å². The number of hydrogen-bond acceptors (Lipinski definition) is 4. The molecule has 1 aromatic rings. The predicted octanol–water partition coefficient (Wildman–Crippen LogP) is 1.86. The highest BCUT2D eigenvalue weighted by molar-refractivity contribution is 7.15. The Morgan fingerprint density at radius 3 is 3.14 bits per heavy atom. The molecule has 0 aliphatic heterocycles. The standard InChI is InChI=1S/C10H15N3S/c1-2-3-6-4-7(11)9-8(5-6)14-10(12)13-9/h2,6-7H,1,3-5,11H2,(H2,12,13). The molecule has 14 heavy (non-hydrogen) atoms. The Morgan fingerprint density at radius 2 is 2.43 bits per heavy atom. The monoisotopic (exact) mass is 209 g/mol. The molecule has 2 atom stereocenters. The lowest BCUT2D eigenvalue weighted by Gasteiger charge is -2.24. The minimum absolute atomic E-state index is 0.0669. The molecule has 1 heterocycles. The zero-order chi connectivity index (χ0) is 10.1. The summed E-state index contributed by atoms with van der Waals surface area (Å²) in [5.41, 5.74) is 12.7. The normalized spacial score (nSPS) is 25.8. The van der Waals surface area contributed by atoms with Crippen molar-refractivity contribution in [3.8, 4) is 0 Å². The molecule has 0 saturated carbocycles. The largest absolute Gasteiger partial charge is 0.375 e. The average Bonchev–Trinajstić information content (AvgIpc) is 2.47. The highest BCUT2D eigenvalue weighted by atomic mass is 32.1. The minimum atomic E-state index is 0.0669. The van der Waals surface area contributed by atoms with Crippen LogP contribution in [0.15, 0.2) is 12.7 Å². The first-order valence-corrected chi connectivity index (χ1v) is 5.64. The van der Waals surface area contributed by atoms with Crippen molar-refractivity contribution in [2.75, 3.05) is 5.73 Å². The van der Waals surface area contributed by atoms with Gasteiger partial charge < -0.3 is 11.5 Å². The number of hydrogen-bond donors (Lipinski definition) is 2. The molecule has 1 aliphatic carbocycles. The molecule has 0 saturated heterocycles. The summed E-state index contributed by atoms with van der Waals surface area (Å²) in [5, 5.41) is 0.643. The zero-order valence-electron chi connectivity index (χ0n) is 8.07. The number of aromatic nitrogens is 1. The molecule has 1 aromatic heterocycles. The van der Waals surface area contributed by atoms with Crippen LogP contribution in [0.4, 0.5) is 5.13 Å². The summed E-state index contributed by atoms with van der Waals surface area (Å²) in [6.45, 7) is 3.76. The van der Waals surface area contributed by atoms with Crippen LogP contribution in [0.1, 0.15) is 29.5 Å². The maximum absolute atomic E-state index is 6.03. The summed E-state index contributed by atoms with van der Waals surface area (Å²) < 4.78 is 0. The van der Waals surface area contributed by atoms with Gasteiger partial charge in [0.2, 0.25) is 0 Å². The van der Waals surface area contributed by atoms with E-state index in [4.69, 9.17) is 11.5 Å². The van der Waals surface area contributed by atoms with Gasteiger partial charge in [-0.1, -0.05) is 6.08 Å². The van der Waals surface area contributed by atoms with Gasteiger partial charge in [0.25, 0.3) is 0 Å². The number of rotatable bonds is 2. The molecule has 2 rings (SSSR count). The van der Waals surface area contributed by atoms with E-state index in [2.05, 4.69) is 11.6 Å². The number of anilines is 1. The predicted molar refractivity (Wildman–Crippen MR) is 60.1 cm³/mol. The first-order valence-electron chi connectivity index (χ1n) is 4.82. The third kappa shape index (κ3) is 1.67. The lowest BCUT2D eigenvalue weighted by molar-refractivity contribution is 0.410. The lowest BCUT2D eigenvalue weighted by Crippen LogP contribution is -2.23. The first-order chi connectivity index (χ1) is 6.70. The van der Waals surface area contributed by atoms with E-state index in [1.54, 1.807) is 11.3 Å². The van der Waals surface area contributed by atoms with Crippen LogP contribution in [0.3, 0.4) is 0 Å². The Morgan fingerprint density at radius 1 is 1.64 bits per heavy atom. The second-order valence-electron chi connectivity index (χ2n) is 3.80. The van der Waals surface area contributed by atoms with Crippen molar-refractivity contribution in [3.05, 3.63) is 23.2 Å². The molecule has 0 bridgehead atoms. The van der Waals surface area contributed by atoms with E-state index >= 15 is 0 Å². The second kappa shape index (κ2) is 3.71. The molecule has 0 spiro atoms. The van der Waals surface area contributed by atoms with Crippen LogP contribution in [-0.2, 0) is 6.42 Å². The highest BCUT2D eigenvalue weighted by Gasteiger charge is 2.27. The van der Waals surface area contributed by atoms with Crippen LogP contribution < -0.4 is 11.5 Å². The Bertz CT molecular complexity index is 345. The van der Waals surface area contributed by atoms with Crippen LogP contribution in [0, 0.1) is 5.92 Å². The summed E-state index contributed by atoms with van der Waals surface area (Å²) in [6, 6.07) is 0.0669. The Hall–Kier alpha value is -0.870. The van der Waals surface area contributed by atoms with Crippen LogP contribution >= 0.6 is 11.3 Å². The molecule has 1 aliphatic rings. The van der Waals surface area contributed by atoms with Gasteiger partial charge in [-0.3, -0.25) is 0 Å². The molecule has 4 heteroatoms. The zero-order valence-corrected chi connectivity index (χ0v) is 8.89. The molecule has 2 unspecified atom stereocenters. The fourth-order valence-electron chi connectivity index (χ4n) is 2.05. The number of allylic oxidation sites excluding steroid dienone is 1. The number of nitrogens with two attached hydrogens (primary N) is 2. The summed E-state index contributed by atoms with van der Waals surface area (Å²) >= 11 is 1.58. The van der Waals surface area contributed by atoms with Crippen molar-refractivity contribution >= 4 is 16.5 Å². The minimum Gasteiger partial charge on any atom is -0.375 e. The topological polar surface area (TPSA) is 64.9 Å². The van der Waals surface area contributed by atoms with E-state index in [0.29, 0.717) is 11.0 Å². The number of nitrogen functional groups attached to an aromatic ring is 1. The molecule has 0 amide bonds. The Labute approximate surface area is 87.8 Å². The quantitative estimate of drug-likeness (QED) is 0.731. The molecule has 0 aromatic carbocycles. The lowest BCUT2D eigenvalue weighted by atomic mass is 9.86. The fraction of sp³-hybridized carbons (Fsp3) is 0.500. The Kier molecular flexibility index (Phi) is 2.56. The second-order valence-corrected chi connectivity index (χ2v) is 4.91. The SMILES string of the molecule is C=CCC1Cc2sc(N)nc2C(N)C1. The average molecular weight is 209 g/mol. The molecule has 0 fully saturated rings. The fourth-order valence-corrected chi connectivity index (χ4v) is 3.07. The molecule has 0 radical (unpaired) electrons. The molecule has 4 N–H and O–H groups in total. The summed E-state index contributed by atoms with van der Waals surface area (Å²) in [5.74, 6) is 0.620. The van der Waals surface area contributed by atoms with E-state index < -0.39 is 0 Å². The van der Waals surface area contributed by atoms with Gasteiger partial charge in [-0.05, 0) is 25.2 Å². The maximum atomic E-state index is 6.03. The molecular formula is C10H15N3S. The van der Waals surface area contributed by atoms with Crippen molar-refractivity contribution in [2.45, 2.75) is 25.3 Å². The van der Waals surface area contributed by atoms with Crippen molar-refractivity contribution in [1.29, 1.82) is 0 Å². The van der Waals surface area contributed by atoms with E-state index in [9.17, 15) is 0 Å². The molecule has 3 nitrogen and oxygen atoms in total. The van der Waals surface area contributed by atoms with Gasteiger partial charge in [0.05, 0.1) is 5.69 Å². The van der Waals surface area contributed by atoms with Gasteiger partial charge >= 0.3 is 0 Å². The van der Waals surface area contributed by atoms with Gasteiger partial charge in [0.1, 0.15) is 0 Å². The molecule has 76 valence electrons. The van der Waals surface area contributed by atoms with E-state index in [0.717, 1.165) is 25.0 Å². The van der Waals surface area contributed by atoms with Gasteiger partial charge in [-0.2, -0.15) is 0 Å². The summed E-state index contributed by atoms with van der Waals surface area (Å²) in [6.07, 6.45) is 5.06. The molecular weight excluding hydrogens is 194 g/mol. The third-order valence-corrected chi connectivity index (χ3v) is 3.58. The van der Waals surface area contributed by atoms with Crippen LogP contribution in [-0.4, -0.2) is 4.98 Å². The maximum Gasteiger partial charge on any atom is 0.180 e. The number of thiazole rings is 1. The van der Waals surface area contributed by atoms with E-state index in [-0.39, 0.29) is 6.04 Å². The van der Waals surface area contributed by atoms with Crippen molar-refractivity contribution in [1.82, 2.24) is 4.98 Å².